The smallest absolute Gasteiger partial charge is 0.196 e. The molecule has 1 aromatic carbocycles. The van der Waals surface area contributed by atoms with Crippen molar-refractivity contribution >= 4 is 5.78 Å². The zero-order valence-corrected chi connectivity index (χ0v) is 14.5. The number of aliphatic hydroxyl groups is 1. The predicted octanol–water partition coefficient (Wildman–Crippen LogP) is 1.60. The normalized spacial score (nSPS) is 37.5. The molecule has 0 bridgehead atoms. The molecule has 5 nitrogen and oxygen atoms in total. The largest absolute Gasteiger partial charge is 0.493 e. The number of fused-ring (bicyclic) bond motifs is 1. The van der Waals surface area contributed by atoms with E-state index in [1.165, 1.54) is 6.08 Å². The van der Waals surface area contributed by atoms with Crippen LogP contribution in [0, 0.1) is 6.92 Å². The van der Waals surface area contributed by atoms with Crippen LogP contribution in [0.25, 0.3) is 0 Å². The predicted molar refractivity (Wildman–Crippen MR) is 89.6 cm³/mol. The molecule has 2 heterocycles. The number of ketones is 1. The second kappa shape index (κ2) is 4.83. The molecular weight excluding hydrogens is 306 g/mol. The van der Waals surface area contributed by atoms with E-state index >= 15 is 0 Å². The molecule has 0 radical (unpaired) electrons. The van der Waals surface area contributed by atoms with E-state index in [0.717, 1.165) is 17.7 Å². The van der Waals surface area contributed by atoms with Gasteiger partial charge in [-0.15, -0.1) is 0 Å². The molecule has 1 aromatic rings. The maximum Gasteiger partial charge on any atom is 0.196 e. The van der Waals surface area contributed by atoms with E-state index in [1.807, 2.05) is 33.0 Å². The third-order valence-electron chi connectivity index (χ3n) is 6.31. The van der Waals surface area contributed by atoms with Crippen molar-refractivity contribution in [3.63, 3.8) is 0 Å². The van der Waals surface area contributed by atoms with Crippen LogP contribution in [0.2, 0.25) is 0 Å². The Balaban J connectivity index is 2.05. The summed E-state index contributed by atoms with van der Waals surface area (Å²) in [6, 6.07) is 3.71. The second-order valence-corrected chi connectivity index (χ2v) is 7.23. The third kappa shape index (κ3) is 1.59. The van der Waals surface area contributed by atoms with E-state index in [0.29, 0.717) is 17.9 Å². The van der Waals surface area contributed by atoms with Gasteiger partial charge in [-0.3, -0.25) is 4.79 Å². The average Bonchev–Trinajstić information content (AvgIpc) is 2.93. The highest BCUT2D eigenvalue weighted by Gasteiger charge is 2.68. The number of rotatable bonds is 1. The van der Waals surface area contributed by atoms with Crippen LogP contribution in [0.5, 0.6) is 11.5 Å². The molecule has 4 atom stereocenters. The van der Waals surface area contributed by atoms with E-state index in [2.05, 4.69) is 4.90 Å². The summed E-state index contributed by atoms with van der Waals surface area (Å²) in [5, 5.41) is 11.7. The lowest BCUT2D eigenvalue weighted by Gasteiger charge is -2.56. The Morgan fingerprint density at radius 2 is 2.17 bits per heavy atom. The molecule has 4 rings (SSSR count). The first-order chi connectivity index (χ1) is 11.4. The van der Waals surface area contributed by atoms with Gasteiger partial charge in [0.05, 0.1) is 12.5 Å². The maximum atomic E-state index is 12.7. The standard InChI is InChI=1S/C19H23NO4/c1-11-5-6-14(23-4)16-15(11)18-9-10-20(3)12(2)19(18,22)8-7-13(21)17(18)24-16/h5-8,12,17,22H,9-10H2,1-4H3/t12-,17+,18+,19-/m1/s1. The van der Waals surface area contributed by atoms with E-state index < -0.39 is 17.1 Å². The number of benzene rings is 1. The fraction of sp³-hybridized carbons (Fsp3) is 0.526. The van der Waals surface area contributed by atoms with Crippen LogP contribution in [-0.4, -0.2) is 54.2 Å². The lowest BCUT2D eigenvalue weighted by molar-refractivity contribution is -0.146. The molecule has 3 aliphatic rings. The van der Waals surface area contributed by atoms with Crippen LogP contribution in [0.1, 0.15) is 24.5 Å². The summed E-state index contributed by atoms with van der Waals surface area (Å²) < 4.78 is 11.6. The number of likely N-dealkylation sites (tertiary alicyclic amines) is 1. The number of hydrogen-bond donors (Lipinski definition) is 1. The summed E-state index contributed by atoms with van der Waals surface area (Å²) in [6.45, 7) is 4.80. The van der Waals surface area contributed by atoms with Gasteiger partial charge in [0.25, 0.3) is 0 Å². The van der Waals surface area contributed by atoms with E-state index in [9.17, 15) is 9.90 Å². The van der Waals surface area contributed by atoms with E-state index in [-0.39, 0.29) is 11.8 Å². The highest BCUT2D eigenvalue weighted by Crippen LogP contribution is 2.60. The van der Waals surface area contributed by atoms with Crippen LogP contribution >= 0.6 is 0 Å². The minimum absolute atomic E-state index is 0.0888. The summed E-state index contributed by atoms with van der Waals surface area (Å²) in [5.74, 6) is 1.13. The van der Waals surface area contributed by atoms with E-state index in [1.54, 1.807) is 13.2 Å². The Morgan fingerprint density at radius 3 is 2.88 bits per heavy atom. The summed E-state index contributed by atoms with van der Waals surface area (Å²) >= 11 is 0. The fourth-order valence-electron chi connectivity index (χ4n) is 4.85. The summed E-state index contributed by atoms with van der Waals surface area (Å²) in [6.07, 6.45) is 3.12. The number of nitrogens with zero attached hydrogens (tertiary/aromatic N) is 1. The number of carbonyl (C=O) groups excluding carboxylic acids is 1. The van der Waals surface area contributed by atoms with Crippen LogP contribution in [-0.2, 0) is 10.2 Å². The zero-order chi connectivity index (χ0) is 17.3. The summed E-state index contributed by atoms with van der Waals surface area (Å²) in [4.78, 5) is 14.8. The van der Waals surface area contributed by atoms with Crippen LogP contribution < -0.4 is 9.47 Å². The van der Waals surface area contributed by atoms with Crippen molar-refractivity contribution in [1.29, 1.82) is 0 Å². The molecule has 2 aliphatic heterocycles. The number of carbonyl (C=O) groups is 1. The molecule has 1 fully saturated rings. The maximum absolute atomic E-state index is 12.7. The molecule has 1 saturated heterocycles. The van der Waals surface area contributed by atoms with Gasteiger partial charge in [0.15, 0.2) is 23.4 Å². The molecule has 1 N–H and O–H groups in total. The highest BCUT2D eigenvalue weighted by atomic mass is 16.5. The summed E-state index contributed by atoms with van der Waals surface area (Å²) in [5.41, 5.74) is 0.0122. The van der Waals surface area contributed by atoms with Crippen molar-refractivity contribution in [2.75, 3.05) is 20.7 Å². The lowest BCUT2D eigenvalue weighted by Crippen LogP contribution is -2.71. The Kier molecular flexibility index (Phi) is 3.15. The van der Waals surface area contributed by atoms with Gasteiger partial charge in [0.1, 0.15) is 5.60 Å². The third-order valence-corrected chi connectivity index (χ3v) is 6.31. The molecule has 128 valence electrons. The van der Waals surface area contributed by atoms with Crippen molar-refractivity contribution in [3.05, 3.63) is 35.4 Å². The van der Waals surface area contributed by atoms with Crippen LogP contribution in [0.4, 0.5) is 0 Å². The number of piperidine rings is 1. The molecule has 1 aliphatic carbocycles. The number of likely N-dealkylation sites (N-methyl/N-ethyl adjacent to an activating group) is 1. The average molecular weight is 329 g/mol. The van der Waals surface area contributed by atoms with Gasteiger partial charge in [0.2, 0.25) is 0 Å². The van der Waals surface area contributed by atoms with E-state index in [4.69, 9.17) is 9.47 Å². The lowest BCUT2D eigenvalue weighted by atomic mass is 9.55. The monoisotopic (exact) mass is 329 g/mol. The molecule has 24 heavy (non-hydrogen) atoms. The number of methoxy groups -OCH3 is 1. The van der Waals surface area contributed by atoms with Crippen molar-refractivity contribution < 1.29 is 19.4 Å². The molecule has 0 aromatic heterocycles. The van der Waals surface area contributed by atoms with Crippen molar-refractivity contribution in [2.45, 2.75) is 43.4 Å². The number of aryl methyl sites for hydroxylation is 1. The van der Waals surface area contributed by atoms with Gasteiger partial charge < -0.3 is 19.5 Å². The number of hydrogen-bond acceptors (Lipinski definition) is 5. The molecule has 0 amide bonds. The molecule has 5 heteroatoms. The molecular formula is C19H23NO4. The molecule has 0 unspecified atom stereocenters. The van der Waals surface area contributed by atoms with Gasteiger partial charge in [-0.1, -0.05) is 6.07 Å². The quantitative estimate of drug-likeness (QED) is 0.848. The number of ether oxygens (including phenoxy) is 2. The first kappa shape index (κ1) is 15.7. The van der Waals surface area contributed by atoms with Crippen molar-refractivity contribution in [3.8, 4) is 11.5 Å². The van der Waals surface area contributed by atoms with Gasteiger partial charge in [-0.2, -0.15) is 0 Å². The Labute approximate surface area is 141 Å². The van der Waals surface area contributed by atoms with Gasteiger partial charge >= 0.3 is 0 Å². The minimum Gasteiger partial charge on any atom is -0.493 e. The first-order valence-electron chi connectivity index (χ1n) is 8.37. The molecule has 0 saturated carbocycles. The van der Waals surface area contributed by atoms with Crippen molar-refractivity contribution in [2.24, 2.45) is 0 Å². The van der Waals surface area contributed by atoms with Gasteiger partial charge in [-0.25, -0.2) is 0 Å². The fourth-order valence-corrected chi connectivity index (χ4v) is 4.85. The summed E-state index contributed by atoms with van der Waals surface area (Å²) in [7, 11) is 3.60. The van der Waals surface area contributed by atoms with Gasteiger partial charge in [-0.05, 0) is 57.6 Å². The van der Waals surface area contributed by atoms with Crippen molar-refractivity contribution in [1.82, 2.24) is 4.90 Å². The minimum atomic E-state index is -1.17. The SMILES string of the molecule is COc1ccc(C)c2c1O[C@H]1C(=O)C=C[C@@]3(O)[C@@H](C)N(C)CC[C@]213. The molecule has 1 spiro atoms. The van der Waals surface area contributed by atoms with Crippen LogP contribution in [0.3, 0.4) is 0 Å². The van der Waals surface area contributed by atoms with Gasteiger partial charge in [0, 0.05) is 11.6 Å². The Bertz CT molecular complexity index is 758. The zero-order valence-electron chi connectivity index (χ0n) is 14.5. The highest BCUT2D eigenvalue weighted by molar-refractivity contribution is 5.98. The topological polar surface area (TPSA) is 59.0 Å². The first-order valence-corrected chi connectivity index (χ1v) is 8.37. The Hall–Kier alpha value is -1.85. The Morgan fingerprint density at radius 1 is 1.42 bits per heavy atom. The second-order valence-electron chi connectivity index (χ2n) is 7.23. The van der Waals surface area contributed by atoms with Crippen LogP contribution in [0.15, 0.2) is 24.3 Å².